The summed E-state index contributed by atoms with van der Waals surface area (Å²) < 4.78 is 10.7. The minimum Gasteiger partial charge on any atom is -0.376 e. The molecule has 4 bridgehead atoms. The van der Waals surface area contributed by atoms with E-state index in [1.807, 2.05) is 0 Å². The Labute approximate surface area is 142 Å². The van der Waals surface area contributed by atoms with Gasteiger partial charge in [0.2, 0.25) is 5.91 Å². The lowest BCUT2D eigenvalue weighted by molar-refractivity contribution is -0.147. The third-order valence-electron chi connectivity index (χ3n) is 6.18. The molecule has 4 aliphatic carbocycles. The highest BCUT2D eigenvalue weighted by molar-refractivity contribution is 5.85. The number of hydrogen-bond donors (Lipinski definition) is 3. The van der Waals surface area contributed by atoms with E-state index in [1.54, 1.807) is 0 Å². The topological polar surface area (TPSA) is 88.7 Å². The third-order valence-corrected chi connectivity index (χ3v) is 6.18. The van der Waals surface area contributed by atoms with Gasteiger partial charge < -0.3 is 14.8 Å². The van der Waals surface area contributed by atoms with Crippen molar-refractivity contribution in [2.75, 3.05) is 26.4 Å². The summed E-state index contributed by atoms with van der Waals surface area (Å²) in [7, 11) is 0. The van der Waals surface area contributed by atoms with Crippen LogP contribution in [0.5, 0.6) is 0 Å². The van der Waals surface area contributed by atoms with Gasteiger partial charge in [-0.3, -0.25) is 10.2 Å². The Morgan fingerprint density at radius 2 is 1.62 bits per heavy atom. The zero-order valence-electron chi connectivity index (χ0n) is 14.0. The first kappa shape index (κ1) is 16.1. The average Bonchev–Trinajstić information content (AvgIpc) is 2.57. The van der Waals surface area contributed by atoms with E-state index in [2.05, 4.69) is 16.2 Å². The lowest BCUT2D eigenvalue weighted by atomic mass is 9.49. The van der Waals surface area contributed by atoms with E-state index >= 15 is 0 Å². The van der Waals surface area contributed by atoms with Crippen LogP contribution in [0.2, 0.25) is 0 Å². The van der Waals surface area contributed by atoms with Crippen molar-refractivity contribution in [3.05, 3.63) is 0 Å². The van der Waals surface area contributed by atoms with Crippen LogP contribution in [-0.4, -0.2) is 44.4 Å². The van der Waals surface area contributed by atoms with E-state index in [9.17, 15) is 9.59 Å². The molecule has 0 radical (unpaired) electrons. The summed E-state index contributed by atoms with van der Waals surface area (Å²) in [5.74, 6) is 2.12. The Hall–Kier alpha value is -1.34. The molecule has 5 aliphatic rings. The minimum atomic E-state index is -0.401. The summed E-state index contributed by atoms with van der Waals surface area (Å²) in [6, 6.07) is -0.401. The molecule has 3 amide bonds. The van der Waals surface area contributed by atoms with Gasteiger partial charge in [-0.15, -0.1) is 0 Å². The molecule has 5 rings (SSSR count). The number of hydrazine groups is 1. The van der Waals surface area contributed by atoms with Gasteiger partial charge in [-0.25, -0.2) is 10.2 Å². The van der Waals surface area contributed by atoms with Crippen molar-refractivity contribution in [1.29, 1.82) is 0 Å². The number of carbonyl (C=O) groups excluding carboxylic acids is 2. The molecule has 134 valence electrons. The minimum absolute atomic E-state index is 0.00556. The molecule has 0 spiro atoms. The van der Waals surface area contributed by atoms with Crippen LogP contribution < -0.4 is 16.2 Å². The third kappa shape index (κ3) is 3.24. The van der Waals surface area contributed by atoms with Crippen molar-refractivity contribution in [2.45, 2.75) is 44.6 Å². The summed E-state index contributed by atoms with van der Waals surface area (Å²) >= 11 is 0. The highest BCUT2D eigenvalue weighted by Crippen LogP contribution is 2.59. The molecule has 0 aromatic carbocycles. The van der Waals surface area contributed by atoms with Crippen molar-refractivity contribution in [2.24, 2.45) is 23.2 Å². The molecule has 24 heavy (non-hydrogen) atoms. The fraction of sp³-hybridized carbons (Fsp3) is 0.882. The summed E-state index contributed by atoms with van der Waals surface area (Å²) in [4.78, 5) is 24.6. The Balaban J connectivity index is 1.24. The van der Waals surface area contributed by atoms with Gasteiger partial charge in [-0.1, -0.05) is 0 Å². The maximum atomic E-state index is 12.7. The second kappa shape index (κ2) is 6.52. The van der Waals surface area contributed by atoms with E-state index < -0.39 is 6.03 Å². The van der Waals surface area contributed by atoms with Crippen LogP contribution in [0.4, 0.5) is 4.79 Å². The van der Waals surface area contributed by atoms with Gasteiger partial charge in [0, 0.05) is 6.54 Å². The second-order valence-electron chi connectivity index (χ2n) is 8.05. The molecule has 1 aliphatic heterocycles. The maximum absolute atomic E-state index is 12.7. The highest BCUT2D eigenvalue weighted by Gasteiger charge is 2.54. The number of ether oxygens (including phenoxy) is 2. The van der Waals surface area contributed by atoms with Gasteiger partial charge >= 0.3 is 6.03 Å². The van der Waals surface area contributed by atoms with Gasteiger partial charge in [0.05, 0.1) is 31.3 Å². The lowest BCUT2D eigenvalue weighted by Crippen LogP contribution is -2.58. The van der Waals surface area contributed by atoms with Gasteiger partial charge in [0.15, 0.2) is 0 Å². The molecule has 5 fully saturated rings. The van der Waals surface area contributed by atoms with Crippen LogP contribution in [0.25, 0.3) is 0 Å². The second-order valence-corrected chi connectivity index (χ2v) is 8.05. The lowest BCUT2D eigenvalue weighted by Gasteiger charge is -2.55. The van der Waals surface area contributed by atoms with Crippen LogP contribution in [0, 0.1) is 23.2 Å². The first-order valence-electron chi connectivity index (χ1n) is 9.16. The fourth-order valence-electron chi connectivity index (χ4n) is 5.54. The predicted molar refractivity (Wildman–Crippen MR) is 85.8 cm³/mol. The molecule has 7 heteroatoms. The van der Waals surface area contributed by atoms with Gasteiger partial charge in [0.25, 0.3) is 0 Å². The molecule has 3 N–H and O–H groups in total. The summed E-state index contributed by atoms with van der Waals surface area (Å²) in [5.41, 5.74) is 4.91. The van der Waals surface area contributed by atoms with E-state index in [1.165, 1.54) is 19.3 Å². The predicted octanol–water partition coefficient (Wildman–Crippen LogP) is 0.949. The van der Waals surface area contributed by atoms with Crippen molar-refractivity contribution in [1.82, 2.24) is 16.2 Å². The molecule has 1 unspecified atom stereocenters. The number of amides is 3. The maximum Gasteiger partial charge on any atom is 0.333 e. The number of carbonyl (C=O) groups is 2. The van der Waals surface area contributed by atoms with Gasteiger partial charge in [-0.2, -0.15) is 0 Å². The first-order valence-corrected chi connectivity index (χ1v) is 9.16. The molecule has 1 atom stereocenters. The van der Waals surface area contributed by atoms with E-state index in [4.69, 9.17) is 9.47 Å². The molecular weight excluding hydrogens is 310 g/mol. The standard InChI is InChI=1S/C17H27N3O4/c21-15(17-6-11-3-12(7-17)5-13(4-11)8-17)19-20-16(22)18-9-14-10-23-1-2-24-14/h11-14H,1-10H2,(H,19,21)(H2,18,20,22). The molecular formula is C17H27N3O4. The van der Waals surface area contributed by atoms with Crippen LogP contribution >= 0.6 is 0 Å². The average molecular weight is 337 g/mol. The number of nitrogens with one attached hydrogen (secondary N) is 3. The van der Waals surface area contributed by atoms with Crippen molar-refractivity contribution < 1.29 is 19.1 Å². The van der Waals surface area contributed by atoms with E-state index in [0.29, 0.717) is 44.1 Å². The number of hydrogen-bond acceptors (Lipinski definition) is 4. The van der Waals surface area contributed by atoms with Gasteiger partial charge in [-0.05, 0) is 56.3 Å². The summed E-state index contributed by atoms with van der Waals surface area (Å²) in [6.07, 6.45) is 6.73. The normalized spacial score (nSPS) is 40.2. The van der Waals surface area contributed by atoms with E-state index in [-0.39, 0.29) is 17.4 Å². The molecule has 1 saturated heterocycles. The molecule has 7 nitrogen and oxygen atoms in total. The zero-order chi connectivity index (χ0) is 16.6. The number of rotatable bonds is 3. The monoisotopic (exact) mass is 337 g/mol. The Morgan fingerprint density at radius 3 is 2.21 bits per heavy atom. The van der Waals surface area contributed by atoms with Crippen molar-refractivity contribution in [3.8, 4) is 0 Å². The Bertz CT molecular complexity index is 469. The van der Waals surface area contributed by atoms with Crippen LogP contribution in [0.1, 0.15) is 38.5 Å². The molecule has 1 heterocycles. The Kier molecular flexibility index (Phi) is 4.39. The molecule has 0 aromatic rings. The summed E-state index contributed by atoms with van der Waals surface area (Å²) in [5, 5.41) is 2.71. The zero-order valence-corrected chi connectivity index (χ0v) is 14.0. The van der Waals surface area contributed by atoms with Gasteiger partial charge in [0.1, 0.15) is 0 Å². The SMILES string of the molecule is O=C(NCC1COCCO1)NNC(=O)C12CC3CC(CC(C3)C1)C2. The van der Waals surface area contributed by atoms with Crippen LogP contribution in [0.15, 0.2) is 0 Å². The quantitative estimate of drug-likeness (QED) is 0.669. The summed E-state index contributed by atoms with van der Waals surface area (Å²) in [6.45, 7) is 2.01. The fourth-order valence-corrected chi connectivity index (χ4v) is 5.54. The molecule has 4 saturated carbocycles. The van der Waals surface area contributed by atoms with Crippen molar-refractivity contribution in [3.63, 3.8) is 0 Å². The first-order chi connectivity index (χ1) is 11.6. The van der Waals surface area contributed by atoms with Crippen molar-refractivity contribution >= 4 is 11.9 Å². The number of urea groups is 1. The van der Waals surface area contributed by atoms with Crippen LogP contribution in [-0.2, 0) is 14.3 Å². The Morgan fingerprint density at radius 1 is 0.958 bits per heavy atom. The highest BCUT2D eigenvalue weighted by atomic mass is 16.6. The molecule has 0 aromatic heterocycles. The van der Waals surface area contributed by atoms with E-state index in [0.717, 1.165) is 19.3 Å². The largest absolute Gasteiger partial charge is 0.376 e. The van der Waals surface area contributed by atoms with Crippen LogP contribution in [0.3, 0.4) is 0 Å². The smallest absolute Gasteiger partial charge is 0.333 e.